The van der Waals surface area contributed by atoms with Gasteiger partial charge >= 0.3 is 5.97 Å². The van der Waals surface area contributed by atoms with Gasteiger partial charge in [0.15, 0.2) is 0 Å². The number of hydrogen-bond acceptors (Lipinski definition) is 3. The molecule has 0 spiro atoms. The first-order valence-electron chi connectivity index (χ1n) is 14.8. The van der Waals surface area contributed by atoms with Crippen LogP contribution in [0.3, 0.4) is 0 Å². The first-order chi connectivity index (χ1) is 17.5. The summed E-state index contributed by atoms with van der Waals surface area (Å²) in [5, 5.41) is 20.7. The number of aliphatic hydroxyl groups excluding tert-OH is 1. The Morgan fingerprint density at radius 1 is 0.972 bits per heavy atom. The van der Waals surface area contributed by atoms with E-state index in [1.165, 1.54) is 50.5 Å². The molecule has 2 aliphatic carbocycles. The molecule has 4 nitrogen and oxygen atoms in total. The van der Waals surface area contributed by atoms with Crippen molar-refractivity contribution >= 4 is 5.97 Å². The largest absolute Gasteiger partial charge is 0.481 e. The summed E-state index contributed by atoms with van der Waals surface area (Å²) in [4.78, 5) is 12.4. The average Bonchev–Trinajstić information content (AvgIpc) is 2.87. The third-order valence-electron chi connectivity index (χ3n) is 9.19. The van der Waals surface area contributed by atoms with Crippen molar-refractivity contribution in [3.8, 4) is 0 Å². The van der Waals surface area contributed by atoms with Crippen molar-refractivity contribution in [1.82, 2.24) is 0 Å². The number of carboxylic acid groups (broad SMARTS) is 1. The average molecular weight is 498 g/mol. The molecule has 202 valence electrons. The van der Waals surface area contributed by atoms with Gasteiger partial charge in [0.05, 0.1) is 12.0 Å². The molecule has 0 amide bonds. The van der Waals surface area contributed by atoms with Crippen LogP contribution >= 0.6 is 0 Å². The quantitative estimate of drug-likeness (QED) is 0.191. The molecule has 1 aromatic carbocycles. The van der Waals surface area contributed by atoms with Crippen LogP contribution in [0.4, 0.5) is 0 Å². The van der Waals surface area contributed by atoms with E-state index in [0.717, 1.165) is 50.9 Å². The molecule has 0 heterocycles. The number of aliphatic hydroxyl groups is 1. The van der Waals surface area contributed by atoms with Crippen LogP contribution in [0.15, 0.2) is 42.5 Å². The molecule has 36 heavy (non-hydrogen) atoms. The minimum absolute atomic E-state index is 0.0453. The summed E-state index contributed by atoms with van der Waals surface area (Å²) in [5.41, 5.74) is 7.34. The molecule has 2 aliphatic rings. The van der Waals surface area contributed by atoms with Crippen LogP contribution in [-0.2, 0) is 11.2 Å². The number of hydrogen-bond donors (Lipinski definition) is 3. The Morgan fingerprint density at radius 2 is 1.67 bits per heavy atom. The summed E-state index contributed by atoms with van der Waals surface area (Å²) >= 11 is 0. The van der Waals surface area contributed by atoms with Crippen LogP contribution in [0.1, 0.15) is 96.0 Å². The fourth-order valence-electron chi connectivity index (χ4n) is 7.43. The van der Waals surface area contributed by atoms with Crippen molar-refractivity contribution in [3.63, 3.8) is 0 Å². The highest BCUT2D eigenvalue weighted by Crippen LogP contribution is 2.48. The lowest BCUT2D eigenvalue weighted by Gasteiger charge is -2.47. The summed E-state index contributed by atoms with van der Waals surface area (Å²) < 4.78 is 0. The highest BCUT2D eigenvalue weighted by molar-refractivity contribution is 5.71. The first-order valence-corrected chi connectivity index (χ1v) is 14.8. The molecule has 0 aromatic heterocycles. The van der Waals surface area contributed by atoms with E-state index in [1.807, 2.05) is 6.07 Å². The molecule has 0 unspecified atom stereocenters. The maximum atomic E-state index is 12.4. The van der Waals surface area contributed by atoms with Crippen LogP contribution < -0.4 is 5.73 Å². The number of rotatable bonds is 14. The van der Waals surface area contributed by atoms with E-state index >= 15 is 0 Å². The third-order valence-corrected chi connectivity index (χ3v) is 9.19. The summed E-state index contributed by atoms with van der Waals surface area (Å²) in [6.45, 7) is 2.22. The standard InChI is InChI=1S/C32H51NO3/c1-24(34)30(32(35)36)31-28(23-26-16-10-6-11-17-26)20-19-27(29(31)21-22-33)18-12-4-2-3-7-13-25-14-8-5-9-15-25/h2-3,6,10-11,16-17,24-25,27-31,34H,4-5,7-9,12-15,18-23,33H2,1H3,(H,35,36)/t24-,27-,28+,29+,30-,31-/m0/s1. The van der Waals surface area contributed by atoms with Crippen LogP contribution in [0.2, 0.25) is 0 Å². The number of aliphatic carboxylic acids is 1. The van der Waals surface area contributed by atoms with E-state index < -0.39 is 18.0 Å². The predicted octanol–water partition coefficient (Wildman–Crippen LogP) is 7.01. The van der Waals surface area contributed by atoms with Gasteiger partial charge in [-0.05, 0) is 106 Å². The van der Waals surface area contributed by atoms with E-state index in [2.05, 4.69) is 36.4 Å². The number of carbonyl (C=O) groups is 1. The maximum absolute atomic E-state index is 12.4. The van der Waals surface area contributed by atoms with E-state index in [4.69, 9.17) is 5.73 Å². The van der Waals surface area contributed by atoms with E-state index in [9.17, 15) is 15.0 Å². The number of unbranched alkanes of at least 4 members (excludes halogenated alkanes) is 1. The number of carboxylic acids is 1. The Bertz CT molecular complexity index is 771. The van der Waals surface area contributed by atoms with Crippen molar-refractivity contribution < 1.29 is 15.0 Å². The molecule has 6 atom stereocenters. The van der Waals surface area contributed by atoms with Gasteiger partial charge in [-0.15, -0.1) is 0 Å². The highest BCUT2D eigenvalue weighted by Gasteiger charge is 2.46. The molecule has 0 saturated heterocycles. The Balaban J connectivity index is 1.60. The Kier molecular flexibility index (Phi) is 12.5. The molecule has 2 fully saturated rings. The van der Waals surface area contributed by atoms with Gasteiger partial charge < -0.3 is 15.9 Å². The molecule has 0 bridgehead atoms. The van der Waals surface area contributed by atoms with Crippen molar-refractivity contribution in [3.05, 3.63) is 48.0 Å². The third kappa shape index (κ3) is 8.73. The minimum atomic E-state index is -0.864. The Morgan fingerprint density at radius 3 is 2.33 bits per heavy atom. The number of nitrogens with two attached hydrogens (primary N) is 1. The van der Waals surface area contributed by atoms with Gasteiger partial charge in [-0.25, -0.2) is 0 Å². The second-order valence-corrected chi connectivity index (χ2v) is 11.7. The molecule has 0 radical (unpaired) electrons. The Hall–Kier alpha value is -1.65. The summed E-state index contributed by atoms with van der Waals surface area (Å²) in [6.07, 6.45) is 20.8. The van der Waals surface area contributed by atoms with Gasteiger partial charge in [-0.3, -0.25) is 4.79 Å². The van der Waals surface area contributed by atoms with Crippen molar-refractivity contribution in [1.29, 1.82) is 0 Å². The zero-order valence-corrected chi connectivity index (χ0v) is 22.6. The normalized spacial score (nSPS) is 27.2. The van der Waals surface area contributed by atoms with E-state index in [0.29, 0.717) is 12.5 Å². The van der Waals surface area contributed by atoms with E-state index in [-0.39, 0.29) is 17.8 Å². The summed E-state index contributed by atoms with van der Waals surface area (Å²) in [6, 6.07) is 10.4. The topological polar surface area (TPSA) is 83.5 Å². The van der Waals surface area contributed by atoms with Crippen molar-refractivity contribution in [2.24, 2.45) is 41.2 Å². The first kappa shape index (κ1) is 28.9. The molecule has 2 saturated carbocycles. The number of benzene rings is 1. The maximum Gasteiger partial charge on any atom is 0.309 e. The zero-order chi connectivity index (χ0) is 25.8. The molecule has 1 aromatic rings. The van der Waals surface area contributed by atoms with Gasteiger partial charge in [0, 0.05) is 0 Å². The second kappa shape index (κ2) is 15.6. The van der Waals surface area contributed by atoms with Gasteiger partial charge in [0.25, 0.3) is 0 Å². The molecule has 4 N–H and O–H groups in total. The van der Waals surface area contributed by atoms with Crippen molar-refractivity contribution in [2.75, 3.05) is 6.54 Å². The van der Waals surface area contributed by atoms with Crippen molar-refractivity contribution in [2.45, 2.75) is 103 Å². The molecular formula is C32H51NO3. The van der Waals surface area contributed by atoms with Gasteiger partial charge in [0.2, 0.25) is 0 Å². The SMILES string of the molecule is C[C@H](O)[C@H](C(=O)O)[C@H]1[C@@H](Cc2ccccc2)CC[C@H](CCCC=CCCC2CCCCC2)[C@H]1CCN. The fraction of sp³-hybridized carbons (Fsp3) is 0.719. The van der Waals surface area contributed by atoms with Crippen LogP contribution in [-0.4, -0.2) is 28.8 Å². The van der Waals surface area contributed by atoms with Gasteiger partial charge in [0.1, 0.15) is 0 Å². The van der Waals surface area contributed by atoms with Crippen LogP contribution in [0.25, 0.3) is 0 Å². The smallest absolute Gasteiger partial charge is 0.309 e. The zero-order valence-electron chi connectivity index (χ0n) is 22.6. The molecular weight excluding hydrogens is 446 g/mol. The molecule has 3 rings (SSSR count). The van der Waals surface area contributed by atoms with Gasteiger partial charge in [-0.1, -0.05) is 74.6 Å². The molecule has 4 heteroatoms. The summed E-state index contributed by atoms with van der Waals surface area (Å²) in [7, 11) is 0. The van der Waals surface area contributed by atoms with Gasteiger partial charge in [-0.2, -0.15) is 0 Å². The van der Waals surface area contributed by atoms with Crippen LogP contribution in [0, 0.1) is 35.5 Å². The second-order valence-electron chi connectivity index (χ2n) is 11.7. The lowest BCUT2D eigenvalue weighted by Crippen LogP contribution is -2.47. The fourth-order valence-corrected chi connectivity index (χ4v) is 7.43. The minimum Gasteiger partial charge on any atom is -0.481 e. The summed E-state index contributed by atoms with van der Waals surface area (Å²) in [5.74, 6) is 0.297. The van der Waals surface area contributed by atoms with E-state index in [1.54, 1.807) is 6.92 Å². The number of allylic oxidation sites excluding steroid dienone is 2. The lowest BCUT2D eigenvalue weighted by molar-refractivity contribution is -0.153. The molecule has 0 aliphatic heterocycles. The lowest BCUT2D eigenvalue weighted by atomic mass is 9.58. The highest BCUT2D eigenvalue weighted by atomic mass is 16.4. The Labute approximate surface area is 219 Å². The van der Waals surface area contributed by atoms with Crippen LogP contribution in [0.5, 0.6) is 0 Å². The monoisotopic (exact) mass is 497 g/mol. The predicted molar refractivity (Wildman–Crippen MR) is 149 cm³/mol.